The molecule has 0 unspecified atom stereocenters. The van der Waals surface area contributed by atoms with E-state index in [4.69, 9.17) is 4.52 Å². The number of halogens is 3. The first-order valence-corrected chi connectivity index (χ1v) is 9.03. The summed E-state index contributed by atoms with van der Waals surface area (Å²) in [5, 5.41) is 14.7. The summed E-state index contributed by atoms with van der Waals surface area (Å²) in [5.74, 6) is 0.602. The summed E-state index contributed by atoms with van der Waals surface area (Å²) in [7, 11) is 0. The van der Waals surface area contributed by atoms with E-state index >= 15 is 0 Å². The lowest BCUT2D eigenvalue weighted by Gasteiger charge is -2.09. The van der Waals surface area contributed by atoms with Crippen molar-refractivity contribution in [3.63, 3.8) is 0 Å². The number of carbonyl (C=O) groups excluding carboxylic acids is 1. The topological polar surface area (TPSA) is 107 Å². The number of hydrogen-bond acceptors (Lipinski definition) is 7. The minimum atomic E-state index is -4.76. The van der Waals surface area contributed by atoms with E-state index in [0.717, 1.165) is 12.1 Å². The smallest absolute Gasteiger partial charge is 0.406 e. The molecule has 31 heavy (non-hydrogen) atoms. The second-order valence-corrected chi connectivity index (χ2v) is 6.52. The van der Waals surface area contributed by atoms with E-state index < -0.39 is 6.36 Å². The molecule has 0 aliphatic heterocycles. The zero-order chi connectivity index (χ0) is 22.0. The van der Waals surface area contributed by atoms with Gasteiger partial charge in [0.1, 0.15) is 5.75 Å². The van der Waals surface area contributed by atoms with Gasteiger partial charge in [-0.3, -0.25) is 9.20 Å². The monoisotopic (exact) mass is 432 g/mol. The number of ether oxygens (including phenoxy) is 1. The molecule has 1 aromatic carbocycles. The van der Waals surface area contributed by atoms with Gasteiger partial charge >= 0.3 is 6.36 Å². The lowest BCUT2D eigenvalue weighted by Crippen LogP contribution is -2.25. The SMILES string of the molecule is Cc1noc(-c2cccn3c(CNC(=O)Cc4ccc(OC(F)(F)F)cc4)nnc23)n1. The molecule has 0 radical (unpaired) electrons. The summed E-state index contributed by atoms with van der Waals surface area (Å²) in [6, 6.07) is 8.63. The first-order valence-electron chi connectivity index (χ1n) is 9.03. The van der Waals surface area contributed by atoms with Crippen LogP contribution in [0.2, 0.25) is 0 Å². The number of carbonyl (C=O) groups is 1. The van der Waals surface area contributed by atoms with E-state index in [0.29, 0.717) is 34.3 Å². The summed E-state index contributed by atoms with van der Waals surface area (Å²) in [4.78, 5) is 16.4. The number of rotatable bonds is 6. The first-order chi connectivity index (χ1) is 14.8. The third-order valence-corrected chi connectivity index (χ3v) is 4.23. The zero-order valence-electron chi connectivity index (χ0n) is 16.1. The maximum Gasteiger partial charge on any atom is 0.573 e. The van der Waals surface area contributed by atoms with Crippen molar-refractivity contribution in [2.75, 3.05) is 0 Å². The fourth-order valence-electron chi connectivity index (χ4n) is 2.89. The maximum absolute atomic E-state index is 12.2. The van der Waals surface area contributed by atoms with E-state index in [1.165, 1.54) is 12.1 Å². The normalized spacial score (nSPS) is 11.6. The van der Waals surface area contributed by atoms with E-state index in [2.05, 4.69) is 30.4 Å². The van der Waals surface area contributed by atoms with Crippen LogP contribution >= 0.6 is 0 Å². The third kappa shape index (κ3) is 4.79. The van der Waals surface area contributed by atoms with Gasteiger partial charge in [-0.15, -0.1) is 23.4 Å². The van der Waals surface area contributed by atoms with Gasteiger partial charge in [0.05, 0.1) is 18.5 Å². The predicted octanol–water partition coefficient (Wildman–Crippen LogP) is 2.85. The van der Waals surface area contributed by atoms with Crippen molar-refractivity contribution in [3.05, 3.63) is 59.8 Å². The highest BCUT2D eigenvalue weighted by Crippen LogP contribution is 2.23. The molecule has 0 bridgehead atoms. The van der Waals surface area contributed by atoms with Crippen LogP contribution in [0, 0.1) is 6.92 Å². The molecule has 0 atom stereocenters. The molecule has 0 saturated heterocycles. The van der Waals surface area contributed by atoms with Crippen molar-refractivity contribution in [1.29, 1.82) is 0 Å². The highest BCUT2D eigenvalue weighted by Gasteiger charge is 2.31. The van der Waals surface area contributed by atoms with Gasteiger partial charge in [-0.05, 0) is 36.8 Å². The van der Waals surface area contributed by atoms with Crippen molar-refractivity contribution < 1.29 is 27.2 Å². The molecule has 160 valence electrons. The summed E-state index contributed by atoms with van der Waals surface area (Å²) in [6.45, 7) is 1.80. The van der Waals surface area contributed by atoms with E-state index in [9.17, 15) is 18.0 Å². The van der Waals surface area contributed by atoms with E-state index in [1.807, 2.05) is 0 Å². The molecule has 0 aliphatic rings. The van der Waals surface area contributed by atoms with Crippen LogP contribution in [0.1, 0.15) is 17.2 Å². The van der Waals surface area contributed by atoms with Crippen LogP contribution in [-0.2, 0) is 17.8 Å². The highest BCUT2D eigenvalue weighted by molar-refractivity contribution is 5.78. The minimum absolute atomic E-state index is 0.0183. The number of aryl methyl sites for hydroxylation is 1. The maximum atomic E-state index is 12.2. The number of alkyl halides is 3. The van der Waals surface area contributed by atoms with Gasteiger partial charge in [0.15, 0.2) is 17.3 Å². The first kappa shape index (κ1) is 20.3. The van der Waals surface area contributed by atoms with Crippen molar-refractivity contribution >= 4 is 11.6 Å². The summed E-state index contributed by atoms with van der Waals surface area (Å²) in [6.07, 6.45) is -3.04. The van der Waals surface area contributed by atoms with Gasteiger partial charge in [0, 0.05) is 6.20 Å². The minimum Gasteiger partial charge on any atom is -0.406 e. The van der Waals surface area contributed by atoms with Gasteiger partial charge in [-0.25, -0.2) is 0 Å². The highest BCUT2D eigenvalue weighted by atomic mass is 19.4. The van der Waals surface area contributed by atoms with Crippen molar-refractivity contribution in [2.45, 2.75) is 26.3 Å². The van der Waals surface area contributed by atoms with Gasteiger partial charge < -0.3 is 14.6 Å². The van der Waals surface area contributed by atoms with Crippen LogP contribution in [0.25, 0.3) is 17.1 Å². The number of fused-ring (bicyclic) bond motifs is 1. The lowest BCUT2D eigenvalue weighted by atomic mass is 10.1. The quantitative estimate of drug-likeness (QED) is 0.499. The van der Waals surface area contributed by atoms with Gasteiger partial charge in [-0.1, -0.05) is 17.3 Å². The van der Waals surface area contributed by atoms with Crippen LogP contribution in [0.4, 0.5) is 13.2 Å². The standard InChI is InChI=1S/C19H15F3N6O3/c1-11-24-18(31-27-11)14-3-2-8-28-15(25-26-17(14)28)10-23-16(29)9-12-4-6-13(7-5-12)30-19(20,21)22/h2-8H,9-10H2,1H3,(H,23,29). The second kappa shape index (κ2) is 8.05. The molecule has 9 nitrogen and oxygen atoms in total. The van der Waals surface area contributed by atoms with Crippen molar-refractivity contribution in [3.8, 4) is 17.2 Å². The molecule has 0 aliphatic carbocycles. The van der Waals surface area contributed by atoms with Crippen LogP contribution in [0.5, 0.6) is 5.75 Å². The fraction of sp³-hybridized carbons (Fsp3) is 0.211. The largest absolute Gasteiger partial charge is 0.573 e. The van der Waals surface area contributed by atoms with Crippen LogP contribution in [0.3, 0.4) is 0 Å². The summed E-state index contributed by atoms with van der Waals surface area (Å²) < 4.78 is 47.3. The van der Waals surface area contributed by atoms with Crippen LogP contribution in [-0.4, -0.2) is 37.0 Å². The number of amides is 1. The number of hydrogen-bond donors (Lipinski definition) is 1. The van der Waals surface area contributed by atoms with Gasteiger partial charge in [0.2, 0.25) is 5.91 Å². The predicted molar refractivity (Wildman–Crippen MR) is 99.7 cm³/mol. The second-order valence-electron chi connectivity index (χ2n) is 6.52. The molecule has 3 aromatic heterocycles. The molecule has 0 spiro atoms. The third-order valence-electron chi connectivity index (χ3n) is 4.23. The number of nitrogens with one attached hydrogen (secondary N) is 1. The molecule has 4 aromatic rings. The average Bonchev–Trinajstić information content (AvgIpc) is 3.33. The molecule has 12 heteroatoms. The molecule has 0 fully saturated rings. The Morgan fingerprint density at radius 2 is 1.97 bits per heavy atom. The van der Waals surface area contributed by atoms with E-state index in [1.54, 1.807) is 29.7 Å². The summed E-state index contributed by atoms with van der Waals surface area (Å²) in [5.41, 5.74) is 1.64. The molecular weight excluding hydrogens is 417 g/mol. The lowest BCUT2D eigenvalue weighted by molar-refractivity contribution is -0.274. The van der Waals surface area contributed by atoms with Crippen molar-refractivity contribution in [1.82, 2.24) is 30.1 Å². The Morgan fingerprint density at radius 3 is 2.65 bits per heavy atom. The van der Waals surface area contributed by atoms with Gasteiger partial charge in [0.25, 0.3) is 5.89 Å². The van der Waals surface area contributed by atoms with Crippen LogP contribution < -0.4 is 10.1 Å². The fourth-order valence-corrected chi connectivity index (χ4v) is 2.89. The number of aromatic nitrogens is 5. The van der Waals surface area contributed by atoms with Crippen molar-refractivity contribution in [2.24, 2.45) is 0 Å². The van der Waals surface area contributed by atoms with E-state index in [-0.39, 0.29) is 24.6 Å². The molecule has 0 saturated carbocycles. The number of nitrogens with zero attached hydrogens (tertiary/aromatic N) is 5. The molecule has 1 amide bonds. The number of benzene rings is 1. The molecule has 3 heterocycles. The molecular formula is C19H15F3N6O3. The Hall–Kier alpha value is -3.96. The zero-order valence-corrected chi connectivity index (χ0v) is 16.1. The van der Waals surface area contributed by atoms with Gasteiger partial charge in [-0.2, -0.15) is 4.98 Å². The Morgan fingerprint density at radius 1 is 1.19 bits per heavy atom. The molecule has 1 N–H and O–H groups in total. The number of pyridine rings is 1. The Balaban J connectivity index is 1.41. The molecule has 4 rings (SSSR count). The Bertz CT molecular complexity index is 1220. The van der Waals surface area contributed by atoms with Crippen LogP contribution in [0.15, 0.2) is 47.1 Å². The Labute approximate surface area is 172 Å². The Kier molecular flexibility index (Phi) is 5.28. The average molecular weight is 432 g/mol. The summed E-state index contributed by atoms with van der Waals surface area (Å²) >= 11 is 0.